The topological polar surface area (TPSA) is 0 Å². The Bertz CT molecular complexity index is 6600. The van der Waals surface area contributed by atoms with Crippen LogP contribution in [0, 0.1) is 201 Å². The largest absolute Gasteiger partial charge is 0.0622 e. The molecule has 0 heterocycles. The molecule has 0 aliphatic heterocycles. The van der Waals surface area contributed by atoms with Gasteiger partial charge in [0, 0.05) is 0 Å². The molecule has 0 amide bonds. The predicted octanol–water partition coefficient (Wildman–Crippen LogP) is 39.1. The molecule has 0 saturated heterocycles. The average Bonchev–Trinajstić information content (AvgIpc) is 0.824. The van der Waals surface area contributed by atoms with Crippen LogP contribution in [0.3, 0.4) is 0 Å². The molecule has 0 bridgehead atoms. The van der Waals surface area contributed by atoms with Crippen molar-refractivity contribution < 1.29 is 0 Å². The van der Waals surface area contributed by atoms with Crippen LogP contribution in [0.4, 0.5) is 0 Å². The molecule has 696 valence electrons. The van der Waals surface area contributed by atoms with E-state index in [-0.39, 0.29) is 0 Å². The Morgan fingerprint density at radius 2 is 0.263 bits per heavy atom. The summed E-state index contributed by atoms with van der Waals surface area (Å²) in [5.74, 6) is 0. The zero-order valence-electron chi connectivity index (χ0n) is 87.7. The van der Waals surface area contributed by atoms with Gasteiger partial charge in [0.2, 0.25) is 0 Å². The maximum Gasteiger partial charge on any atom is -0.0154 e. The summed E-state index contributed by atoms with van der Waals surface area (Å²) < 4.78 is 0. The first-order valence-electron chi connectivity index (χ1n) is 48.7. The van der Waals surface area contributed by atoms with E-state index in [9.17, 15) is 0 Å². The third-order valence-corrected chi connectivity index (χ3v) is 27.2. The van der Waals surface area contributed by atoms with E-state index in [0.717, 1.165) is 0 Å². The van der Waals surface area contributed by atoms with Gasteiger partial charge in [0.05, 0.1) is 0 Å². The molecule has 0 heteroatoms. The summed E-state index contributed by atoms with van der Waals surface area (Å²) in [6.07, 6.45) is 0. The minimum Gasteiger partial charge on any atom is -0.0622 e. The van der Waals surface area contributed by atoms with Crippen molar-refractivity contribution in [1.82, 2.24) is 0 Å². The lowest BCUT2D eigenvalue weighted by molar-refractivity contribution is 1.26. The molecule has 0 aliphatic rings. The first-order chi connectivity index (χ1) is 65.4. The van der Waals surface area contributed by atoms with Gasteiger partial charge in [-0.2, -0.15) is 0 Å². The van der Waals surface area contributed by atoms with Gasteiger partial charge in [-0.05, 0) is 446 Å². The third-order valence-electron chi connectivity index (χ3n) is 27.2. The first kappa shape index (κ1) is 105. The molecule has 0 nitrogen and oxygen atoms in total. The number of hydrogen-bond donors (Lipinski definition) is 0. The maximum absolute atomic E-state index is 2.29. The first-order valence-corrected chi connectivity index (χ1v) is 48.7. The van der Waals surface area contributed by atoms with Crippen LogP contribution in [-0.2, 0) is 0 Å². The fraction of sp³-hybridized carbons (Fsp3) is 0.212. The molecule has 0 unspecified atom stereocenters. The van der Waals surface area contributed by atoms with E-state index in [0.29, 0.717) is 0 Å². The van der Waals surface area contributed by atoms with Crippen molar-refractivity contribution in [3.8, 4) is 100 Å². The number of aryl methyl sites for hydroxylation is 26. The zero-order chi connectivity index (χ0) is 99.3. The molecule has 18 rings (SSSR count). The fourth-order valence-corrected chi connectivity index (χ4v) is 16.8. The summed E-state index contributed by atoms with van der Waals surface area (Å²) in [5, 5.41) is 0. The summed E-state index contributed by atoms with van der Waals surface area (Å²) >= 11 is 0. The second-order valence-electron chi connectivity index (χ2n) is 38.0. The van der Waals surface area contributed by atoms with Gasteiger partial charge in [0.1, 0.15) is 0 Å². The van der Waals surface area contributed by atoms with Crippen LogP contribution >= 0.6 is 0 Å². The van der Waals surface area contributed by atoms with Gasteiger partial charge in [0.15, 0.2) is 0 Å². The molecule has 18 aromatic carbocycles. The minimum atomic E-state index is 1.29. The Morgan fingerprint density at radius 3 is 0.482 bits per heavy atom. The summed E-state index contributed by atoms with van der Waals surface area (Å²) in [6.45, 7) is 62.8. The molecule has 0 fully saturated rings. The van der Waals surface area contributed by atoms with E-state index in [1.54, 1.807) is 0 Å². The van der Waals surface area contributed by atoms with Gasteiger partial charge in [-0.15, -0.1) is 0 Å². The van der Waals surface area contributed by atoms with Gasteiger partial charge < -0.3 is 0 Å². The van der Waals surface area contributed by atoms with Gasteiger partial charge in [-0.25, -0.2) is 0 Å². The van der Waals surface area contributed by atoms with E-state index in [2.05, 4.69) is 559 Å². The molecule has 0 N–H and O–H groups in total. The Morgan fingerprint density at radius 1 is 0.0876 bits per heavy atom. The third kappa shape index (κ3) is 30.2. The van der Waals surface area contributed by atoms with Crippen molar-refractivity contribution in [2.24, 2.45) is 0 Å². The van der Waals surface area contributed by atoms with Crippen LogP contribution in [0.2, 0.25) is 0 Å². The van der Waals surface area contributed by atoms with Crippen LogP contribution in [0.25, 0.3) is 100 Å². The molecule has 0 atom stereocenters. The highest BCUT2D eigenvalue weighted by Gasteiger charge is 2.12. The van der Waals surface area contributed by atoms with Crippen LogP contribution in [-0.4, -0.2) is 0 Å². The van der Waals surface area contributed by atoms with Crippen molar-refractivity contribution in [2.45, 2.75) is 201 Å². The van der Waals surface area contributed by atoms with E-state index in [4.69, 9.17) is 0 Å². The summed E-state index contributed by atoms with van der Waals surface area (Å²) in [5.41, 5.74) is 63.1. The van der Waals surface area contributed by atoms with Crippen molar-refractivity contribution in [3.63, 3.8) is 0 Å². The number of hydrogen-bond acceptors (Lipinski definition) is 0. The number of benzene rings is 18. The fourth-order valence-electron chi connectivity index (χ4n) is 16.8. The molecule has 18 aromatic rings. The molecule has 0 spiro atoms. The summed E-state index contributed by atoms with van der Waals surface area (Å²) in [7, 11) is 0. The quantitative estimate of drug-likeness (QED) is 0.135. The van der Waals surface area contributed by atoms with Gasteiger partial charge in [0.25, 0.3) is 0 Å². The second kappa shape index (κ2) is 50.5. The van der Waals surface area contributed by atoms with Crippen molar-refractivity contribution in [1.29, 1.82) is 0 Å². The molecular formula is C137H148. The molecule has 137 heavy (non-hydrogen) atoms. The van der Waals surface area contributed by atoms with Crippen LogP contribution in [0.15, 0.2) is 370 Å². The highest BCUT2D eigenvalue weighted by molar-refractivity contribution is 5.75. The Balaban J connectivity index is 0.000000159. The normalized spacial score (nSPS) is 10.4. The Kier molecular flexibility index (Phi) is 38.7. The Labute approximate surface area is 826 Å². The van der Waals surface area contributed by atoms with E-state index < -0.39 is 0 Å². The molecule has 0 radical (unpaired) electrons. The lowest BCUT2D eigenvalue weighted by Crippen LogP contribution is -1.90. The SMILES string of the molecule is Cc1cc(-c2ccccc2)cc(C)c1C.Cc1cc(-c2ccccc2)cc(C)c1C.Cc1ccc(-c2cc(C)c(C)c(C)c2)c(C)c1.Cc1ccc(-c2ccc(C)c(C)c2)c(C)c1.Cc1ccc(-c2ccc(C)c(C)c2)c(C)c1.Cc1ccc(-c2ccccc2)cc1C.Cc1ccc(-c2ccccc2)cc1C.Cc1ccc(-c2ccccc2C)cc1C.Cc1ccc(-c2ccccc2C)cc1C. The molecule has 0 saturated carbocycles. The summed E-state index contributed by atoms with van der Waals surface area (Å²) in [4.78, 5) is 0. The molecule has 0 aliphatic carbocycles. The lowest BCUT2D eigenvalue weighted by Gasteiger charge is -2.12. The predicted molar refractivity (Wildman–Crippen MR) is 604 cm³/mol. The molecule has 0 aromatic heterocycles. The average molecular weight is 1790 g/mol. The van der Waals surface area contributed by atoms with Gasteiger partial charge in [-0.1, -0.05) is 387 Å². The number of rotatable bonds is 9. The lowest BCUT2D eigenvalue weighted by atomic mass is 9.93. The van der Waals surface area contributed by atoms with Gasteiger partial charge >= 0.3 is 0 Å². The minimum absolute atomic E-state index is 1.29. The zero-order valence-corrected chi connectivity index (χ0v) is 87.7. The van der Waals surface area contributed by atoms with Crippen molar-refractivity contribution in [2.75, 3.05) is 0 Å². The van der Waals surface area contributed by atoms with Crippen molar-refractivity contribution in [3.05, 3.63) is 531 Å². The monoisotopic (exact) mass is 1790 g/mol. The van der Waals surface area contributed by atoms with Gasteiger partial charge in [-0.3, -0.25) is 0 Å². The van der Waals surface area contributed by atoms with E-state index >= 15 is 0 Å². The van der Waals surface area contributed by atoms with E-state index in [1.165, 1.54) is 261 Å². The van der Waals surface area contributed by atoms with Crippen LogP contribution < -0.4 is 0 Å². The summed E-state index contributed by atoms with van der Waals surface area (Å²) in [6, 6.07) is 132. The Hall–Kier alpha value is -14.0. The second-order valence-corrected chi connectivity index (χ2v) is 38.0. The highest BCUT2D eigenvalue weighted by atomic mass is 14.2. The van der Waals surface area contributed by atoms with Crippen LogP contribution in [0.1, 0.15) is 161 Å². The molecular weight excluding hydrogens is 1650 g/mol. The smallest absolute Gasteiger partial charge is 0.0154 e. The highest BCUT2D eigenvalue weighted by Crippen LogP contribution is 2.35. The standard InChI is InChI=1S/C17H20.2C16H18.4C15H16.2C14H14/c1-11-6-7-17(14(4)8-11)16-9-12(2)15(5)13(3)10-16;2*1-11-5-8-16(14(4)9-11)15-7-6-12(2)13(3)10-15;2*1-11-8-9-14(10-13(11)3)15-7-5-4-6-12(15)2;2*1-11-9-15(10-12(2)13(11)3)14-7-5-4-6-8-14;2*1-11-8-9-14(10-12(11)2)13-6-4-3-5-7-13/h6-10H,1-5H3;2*5-10H,1-4H3;4*4-10H,1-3H3;2*3-10H,1-2H3. The van der Waals surface area contributed by atoms with Crippen molar-refractivity contribution >= 4 is 0 Å². The van der Waals surface area contributed by atoms with Crippen LogP contribution in [0.5, 0.6) is 0 Å². The van der Waals surface area contributed by atoms with E-state index in [1.807, 2.05) is 12.1 Å². The maximum atomic E-state index is 2.29.